The summed E-state index contributed by atoms with van der Waals surface area (Å²) in [6.45, 7) is 0.839. The van der Waals surface area contributed by atoms with Crippen LogP contribution in [0.2, 0.25) is 0 Å². The first-order chi connectivity index (χ1) is 11.6. The Morgan fingerprint density at radius 1 is 1.29 bits per heavy atom. The molecule has 0 spiro atoms. The Labute approximate surface area is 139 Å². The molecule has 126 valence electrons. The van der Waals surface area contributed by atoms with E-state index in [2.05, 4.69) is 6.07 Å². The molecule has 1 aromatic carbocycles. The molecule has 1 aromatic heterocycles. The third-order valence-electron chi connectivity index (χ3n) is 4.99. The van der Waals surface area contributed by atoms with Crippen molar-refractivity contribution in [3.63, 3.8) is 0 Å². The van der Waals surface area contributed by atoms with Crippen molar-refractivity contribution in [3.8, 4) is 6.07 Å². The first-order valence-corrected chi connectivity index (χ1v) is 8.00. The lowest BCUT2D eigenvalue weighted by molar-refractivity contribution is -0.0932. The van der Waals surface area contributed by atoms with E-state index < -0.39 is 11.5 Å². The monoisotopic (exact) mass is 328 g/mol. The lowest BCUT2D eigenvalue weighted by Gasteiger charge is -2.39. The van der Waals surface area contributed by atoms with Gasteiger partial charge in [-0.3, -0.25) is 4.79 Å². The Morgan fingerprint density at radius 3 is 2.58 bits per heavy atom. The van der Waals surface area contributed by atoms with Gasteiger partial charge in [-0.2, -0.15) is 5.26 Å². The molecule has 1 aliphatic heterocycles. The molecule has 1 saturated heterocycles. The van der Waals surface area contributed by atoms with Crippen molar-refractivity contribution in [2.45, 2.75) is 25.5 Å². The highest BCUT2D eigenvalue weighted by Gasteiger charge is 2.39. The molecule has 6 nitrogen and oxygen atoms in total. The number of hydrogen-bond acceptors (Lipinski definition) is 5. The van der Waals surface area contributed by atoms with Gasteiger partial charge in [0, 0.05) is 35.6 Å². The second kappa shape index (κ2) is 6.73. The van der Waals surface area contributed by atoms with Gasteiger partial charge < -0.3 is 19.5 Å². The molecule has 1 fully saturated rings. The van der Waals surface area contributed by atoms with E-state index in [0.29, 0.717) is 42.4 Å². The highest BCUT2D eigenvalue weighted by atomic mass is 16.5. The van der Waals surface area contributed by atoms with Crippen molar-refractivity contribution in [2.24, 2.45) is 5.41 Å². The largest absolute Gasteiger partial charge is 0.396 e. The number of rotatable bonds is 4. The zero-order chi connectivity index (χ0) is 17.2. The number of hydrogen-bond donors (Lipinski definition) is 2. The fourth-order valence-corrected chi connectivity index (χ4v) is 3.32. The minimum Gasteiger partial charge on any atom is -0.396 e. The van der Waals surface area contributed by atoms with E-state index in [1.54, 1.807) is 24.3 Å². The molecule has 0 amide bonds. The van der Waals surface area contributed by atoms with E-state index in [1.807, 2.05) is 0 Å². The van der Waals surface area contributed by atoms with E-state index in [1.165, 1.54) is 10.8 Å². The van der Waals surface area contributed by atoms with Gasteiger partial charge in [0.15, 0.2) is 0 Å². The lowest BCUT2D eigenvalue weighted by atomic mass is 9.76. The average molecular weight is 328 g/mol. The second-order valence-electron chi connectivity index (χ2n) is 6.31. The van der Waals surface area contributed by atoms with Crippen LogP contribution in [0.15, 0.2) is 35.3 Å². The van der Waals surface area contributed by atoms with Gasteiger partial charge in [0.2, 0.25) is 0 Å². The molecule has 24 heavy (non-hydrogen) atoms. The standard InChI is InChI=1S/C18H20N2O4/c19-9-13-10-20(17(23)15-4-2-1-3-14(13)15)11-16(22)18(12-21)5-7-24-8-6-18/h1-4,10,16,21-22H,5-8,11-12H2. The molecule has 3 rings (SSSR count). The molecule has 2 N–H and O–H groups in total. The summed E-state index contributed by atoms with van der Waals surface area (Å²) in [6.07, 6.45) is 1.67. The average Bonchev–Trinajstić information content (AvgIpc) is 2.64. The fourth-order valence-electron chi connectivity index (χ4n) is 3.32. The molecule has 0 bridgehead atoms. The van der Waals surface area contributed by atoms with Crippen LogP contribution in [-0.2, 0) is 11.3 Å². The number of pyridine rings is 1. The van der Waals surface area contributed by atoms with Crippen LogP contribution in [0.1, 0.15) is 18.4 Å². The Bertz CT molecular complexity index is 831. The molecule has 1 atom stereocenters. The first kappa shape index (κ1) is 16.7. The minimum absolute atomic E-state index is 0.0406. The molecule has 6 heteroatoms. The van der Waals surface area contributed by atoms with E-state index in [9.17, 15) is 20.3 Å². The molecule has 1 unspecified atom stereocenters. The summed E-state index contributed by atoms with van der Waals surface area (Å²) in [5, 5.41) is 30.9. The van der Waals surface area contributed by atoms with E-state index >= 15 is 0 Å². The minimum atomic E-state index is -0.892. The summed E-state index contributed by atoms with van der Waals surface area (Å²) in [7, 11) is 0. The van der Waals surface area contributed by atoms with Crippen LogP contribution in [0.25, 0.3) is 10.8 Å². The number of nitriles is 1. The van der Waals surface area contributed by atoms with Gasteiger partial charge in [0.1, 0.15) is 6.07 Å². The van der Waals surface area contributed by atoms with Crippen LogP contribution in [0.4, 0.5) is 0 Å². The first-order valence-electron chi connectivity index (χ1n) is 8.00. The summed E-state index contributed by atoms with van der Waals surface area (Å²) in [6, 6.07) is 9.05. The topological polar surface area (TPSA) is 95.5 Å². The number of fused-ring (bicyclic) bond motifs is 1. The normalized spacial score (nSPS) is 18.2. The quantitative estimate of drug-likeness (QED) is 0.874. The third kappa shape index (κ3) is 2.82. The molecule has 0 saturated carbocycles. The van der Waals surface area contributed by atoms with Gasteiger partial charge in [-0.15, -0.1) is 0 Å². The van der Waals surface area contributed by atoms with Gasteiger partial charge in [-0.05, 0) is 18.9 Å². The van der Waals surface area contributed by atoms with Crippen molar-refractivity contribution >= 4 is 10.8 Å². The third-order valence-corrected chi connectivity index (χ3v) is 4.99. The number of aliphatic hydroxyl groups is 2. The van der Waals surface area contributed by atoms with Gasteiger partial charge >= 0.3 is 0 Å². The van der Waals surface area contributed by atoms with Gasteiger partial charge in [-0.25, -0.2) is 0 Å². The highest BCUT2D eigenvalue weighted by molar-refractivity contribution is 5.86. The number of nitrogens with zero attached hydrogens (tertiary/aromatic N) is 2. The van der Waals surface area contributed by atoms with Gasteiger partial charge in [0.05, 0.1) is 24.8 Å². The summed E-state index contributed by atoms with van der Waals surface area (Å²) in [4.78, 5) is 12.7. The molecule has 0 radical (unpaired) electrons. The maximum absolute atomic E-state index is 12.7. The SMILES string of the molecule is N#Cc1cn(CC(O)C2(CO)CCOCC2)c(=O)c2ccccc12. The fraction of sp³-hybridized carbons (Fsp3) is 0.444. The predicted octanol–water partition coefficient (Wildman–Crippen LogP) is 1.02. The summed E-state index contributed by atoms with van der Waals surface area (Å²) in [5.41, 5.74) is -0.526. The summed E-state index contributed by atoms with van der Waals surface area (Å²) < 4.78 is 6.68. The van der Waals surface area contributed by atoms with Crippen molar-refractivity contribution in [1.82, 2.24) is 4.57 Å². The zero-order valence-corrected chi connectivity index (χ0v) is 13.3. The Kier molecular flexibility index (Phi) is 4.67. The van der Waals surface area contributed by atoms with Gasteiger partial charge in [-0.1, -0.05) is 18.2 Å². The maximum Gasteiger partial charge on any atom is 0.258 e. The van der Waals surface area contributed by atoms with Crippen molar-refractivity contribution in [2.75, 3.05) is 19.8 Å². The second-order valence-corrected chi connectivity index (χ2v) is 6.31. The van der Waals surface area contributed by atoms with E-state index in [-0.39, 0.29) is 18.7 Å². The molecule has 2 aromatic rings. The van der Waals surface area contributed by atoms with Gasteiger partial charge in [0.25, 0.3) is 5.56 Å². The molecule has 2 heterocycles. The number of benzene rings is 1. The summed E-state index contributed by atoms with van der Waals surface area (Å²) >= 11 is 0. The molecular weight excluding hydrogens is 308 g/mol. The molecule has 0 aliphatic carbocycles. The van der Waals surface area contributed by atoms with Crippen LogP contribution >= 0.6 is 0 Å². The van der Waals surface area contributed by atoms with Crippen LogP contribution in [0, 0.1) is 16.7 Å². The lowest BCUT2D eigenvalue weighted by Crippen LogP contribution is -2.46. The van der Waals surface area contributed by atoms with E-state index in [4.69, 9.17) is 4.74 Å². The Balaban J connectivity index is 1.99. The van der Waals surface area contributed by atoms with Crippen molar-refractivity contribution < 1.29 is 14.9 Å². The smallest absolute Gasteiger partial charge is 0.258 e. The predicted molar refractivity (Wildman–Crippen MR) is 88.5 cm³/mol. The molecule has 1 aliphatic rings. The van der Waals surface area contributed by atoms with Crippen LogP contribution < -0.4 is 5.56 Å². The number of ether oxygens (including phenoxy) is 1. The highest BCUT2D eigenvalue weighted by Crippen LogP contribution is 2.34. The van der Waals surface area contributed by atoms with Crippen LogP contribution in [0.3, 0.4) is 0 Å². The van der Waals surface area contributed by atoms with Crippen molar-refractivity contribution in [1.29, 1.82) is 5.26 Å². The summed E-state index contributed by atoms with van der Waals surface area (Å²) in [5.74, 6) is 0. The number of aliphatic hydroxyl groups excluding tert-OH is 2. The van der Waals surface area contributed by atoms with E-state index in [0.717, 1.165) is 0 Å². The van der Waals surface area contributed by atoms with Crippen LogP contribution in [0.5, 0.6) is 0 Å². The maximum atomic E-state index is 12.7. The number of aromatic nitrogens is 1. The van der Waals surface area contributed by atoms with Crippen LogP contribution in [-0.4, -0.2) is 40.7 Å². The Morgan fingerprint density at radius 2 is 1.96 bits per heavy atom. The van der Waals surface area contributed by atoms with Crippen molar-refractivity contribution in [3.05, 3.63) is 46.4 Å². The molecular formula is C18H20N2O4. The Hall–Kier alpha value is -2.20. The zero-order valence-electron chi connectivity index (χ0n) is 13.3.